The molecule has 112 valence electrons. The Kier molecular flexibility index (Phi) is 4.81. The zero-order chi connectivity index (χ0) is 13.6. The van der Waals surface area contributed by atoms with Crippen LogP contribution in [-0.2, 0) is 10.0 Å². The van der Waals surface area contributed by atoms with Gasteiger partial charge in [0, 0.05) is 17.6 Å². The Morgan fingerprint density at radius 3 is 2.35 bits per heavy atom. The van der Waals surface area contributed by atoms with Gasteiger partial charge in [-0.05, 0) is 55.6 Å². The van der Waals surface area contributed by atoms with E-state index >= 15 is 0 Å². The molecular weight excluding hydrogens is 364 g/mol. The Bertz CT molecular complexity index is 576. The maximum absolute atomic E-state index is 12.7. The Balaban J connectivity index is 0.00000147. The molecule has 0 bridgehead atoms. The van der Waals surface area contributed by atoms with Crippen molar-refractivity contribution in [2.24, 2.45) is 11.8 Å². The number of nitrogens with one attached hydrogen (secondary N) is 1. The van der Waals surface area contributed by atoms with Crippen molar-refractivity contribution in [3.05, 3.63) is 28.2 Å². The topological polar surface area (TPSA) is 49.4 Å². The van der Waals surface area contributed by atoms with E-state index in [1.54, 1.807) is 16.4 Å². The van der Waals surface area contributed by atoms with Crippen LogP contribution in [0.3, 0.4) is 0 Å². The number of benzene rings is 1. The molecule has 1 aromatic rings. The lowest BCUT2D eigenvalue weighted by Gasteiger charge is -2.18. The van der Waals surface area contributed by atoms with E-state index in [0.29, 0.717) is 29.8 Å². The second-order valence-corrected chi connectivity index (χ2v) is 8.32. The summed E-state index contributed by atoms with van der Waals surface area (Å²) in [6, 6.07) is 5.35. The van der Waals surface area contributed by atoms with Gasteiger partial charge in [0.15, 0.2) is 0 Å². The minimum Gasteiger partial charge on any atom is -0.316 e. The molecule has 0 unspecified atom stereocenters. The van der Waals surface area contributed by atoms with Crippen LogP contribution in [0, 0.1) is 18.8 Å². The lowest BCUT2D eigenvalue weighted by Crippen LogP contribution is -2.32. The molecule has 2 aliphatic rings. The fourth-order valence-electron chi connectivity index (χ4n) is 3.01. The maximum atomic E-state index is 12.7. The number of rotatable bonds is 2. The Morgan fingerprint density at radius 2 is 1.80 bits per heavy atom. The van der Waals surface area contributed by atoms with Crippen molar-refractivity contribution in [2.75, 3.05) is 26.2 Å². The van der Waals surface area contributed by atoms with Crippen molar-refractivity contribution in [3.8, 4) is 0 Å². The van der Waals surface area contributed by atoms with E-state index in [1.165, 1.54) is 0 Å². The van der Waals surface area contributed by atoms with Crippen molar-refractivity contribution >= 4 is 38.4 Å². The zero-order valence-electron chi connectivity index (χ0n) is 11.2. The SMILES string of the molecule is Cc1cc(Br)cc(S(=O)(=O)N2C[C@H]3CNC[C@H]3C2)c1.Cl. The molecule has 20 heavy (non-hydrogen) atoms. The summed E-state index contributed by atoms with van der Waals surface area (Å²) in [6.45, 7) is 5.08. The van der Waals surface area contributed by atoms with E-state index < -0.39 is 10.0 Å². The summed E-state index contributed by atoms with van der Waals surface area (Å²) in [5.41, 5.74) is 0.953. The normalized spacial score (nSPS) is 26.3. The van der Waals surface area contributed by atoms with E-state index in [9.17, 15) is 8.42 Å². The fraction of sp³-hybridized carbons (Fsp3) is 0.538. The quantitative estimate of drug-likeness (QED) is 0.852. The summed E-state index contributed by atoms with van der Waals surface area (Å²) in [6.07, 6.45) is 0. The average molecular weight is 382 g/mol. The monoisotopic (exact) mass is 380 g/mol. The molecule has 0 aromatic heterocycles. The molecule has 0 spiro atoms. The van der Waals surface area contributed by atoms with Crippen LogP contribution >= 0.6 is 28.3 Å². The molecule has 0 radical (unpaired) electrons. The third kappa shape index (κ3) is 2.90. The molecule has 2 heterocycles. The van der Waals surface area contributed by atoms with Crippen LogP contribution < -0.4 is 5.32 Å². The van der Waals surface area contributed by atoms with E-state index in [0.717, 1.165) is 23.1 Å². The molecule has 2 aliphatic heterocycles. The largest absolute Gasteiger partial charge is 0.316 e. The first-order valence-corrected chi connectivity index (χ1v) is 8.68. The van der Waals surface area contributed by atoms with E-state index in [2.05, 4.69) is 21.2 Å². The first kappa shape index (κ1) is 16.2. The molecule has 0 amide bonds. The van der Waals surface area contributed by atoms with Crippen LogP contribution in [0.2, 0.25) is 0 Å². The minimum atomic E-state index is -3.35. The van der Waals surface area contributed by atoms with Gasteiger partial charge < -0.3 is 5.32 Å². The number of nitrogens with zero attached hydrogens (tertiary/aromatic N) is 1. The summed E-state index contributed by atoms with van der Waals surface area (Å²) in [7, 11) is -3.35. The maximum Gasteiger partial charge on any atom is 0.243 e. The highest BCUT2D eigenvalue weighted by Gasteiger charge is 2.41. The van der Waals surface area contributed by atoms with Crippen LogP contribution in [0.25, 0.3) is 0 Å². The summed E-state index contributed by atoms with van der Waals surface area (Å²) in [5, 5.41) is 3.33. The van der Waals surface area contributed by atoms with Gasteiger partial charge in [-0.1, -0.05) is 15.9 Å². The molecule has 1 N–H and O–H groups in total. The lowest BCUT2D eigenvalue weighted by molar-refractivity contribution is 0.448. The second-order valence-electron chi connectivity index (χ2n) is 5.46. The number of fused-ring (bicyclic) bond motifs is 1. The van der Waals surface area contributed by atoms with Crippen LogP contribution in [0.15, 0.2) is 27.6 Å². The van der Waals surface area contributed by atoms with Gasteiger partial charge in [0.25, 0.3) is 0 Å². The third-order valence-corrected chi connectivity index (χ3v) is 6.28. The second kappa shape index (κ2) is 5.93. The molecule has 0 saturated carbocycles. The fourth-order valence-corrected chi connectivity index (χ4v) is 5.45. The number of hydrogen-bond acceptors (Lipinski definition) is 3. The highest BCUT2D eigenvalue weighted by molar-refractivity contribution is 9.10. The molecule has 4 nitrogen and oxygen atoms in total. The van der Waals surface area contributed by atoms with Crippen LogP contribution in [0.1, 0.15) is 5.56 Å². The first-order valence-electron chi connectivity index (χ1n) is 6.45. The van der Waals surface area contributed by atoms with E-state index in [-0.39, 0.29) is 12.4 Å². The third-order valence-electron chi connectivity index (χ3n) is 4.01. The van der Waals surface area contributed by atoms with Gasteiger partial charge in [-0.15, -0.1) is 12.4 Å². The van der Waals surface area contributed by atoms with Gasteiger partial charge in [-0.2, -0.15) is 4.31 Å². The summed E-state index contributed by atoms with van der Waals surface area (Å²) < 4.78 is 27.8. The Hall–Kier alpha value is -0.140. The molecule has 2 atom stereocenters. The number of hydrogen-bond donors (Lipinski definition) is 1. The molecule has 3 rings (SSSR count). The van der Waals surface area contributed by atoms with E-state index in [4.69, 9.17) is 0 Å². The number of sulfonamides is 1. The van der Waals surface area contributed by atoms with Crippen molar-refractivity contribution in [1.82, 2.24) is 9.62 Å². The highest BCUT2D eigenvalue weighted by atomic mass is 79.9. The van der Waals surface area contributed by atoms with Crippen molar-refractivity contribution in [2.45, 2.75) is 11.8 Å². The van der Waals surface area contributed by atoms with E-state index in [1.807, 2.05) is 13.0 Å². The van der Waals surface area contributed by atoms with Gasteiger partial charge in [0.05, 0.1) is 4.90 Å². The first-order chi connectivity index (χ1) is 8.96. The van der Waals surface area contributed by atoms with Crippen LogP contribution in [0.4, 0.5) is 0 Å². The van der Waals surface area contributed by atoms with Crippen molar-refractivity contribution in [3.63, 3.8) is 0 Å². The minimum absolute atomic E-state index is 0. The van der Waals surface area contributed by atoms with Crippen molar-refractivity contribution in [1.29, 1.82) is 0 Å². The average Bonchev–Trinajstić information content (AvgIpc) is 2.87. The molecule has 7 heteroatoms. The lowest BCUT2D eigenvalue weighted by atomic mass is 10.0. The standard InChI is InChI=1S/C13H17BrN2O2S.ClH/c1-9-2-12(14)4-13(3-9)19(17,18)16-7-10-5-15-6-11(10)8-16;/h2-4,10-11,15H,5-8H2,1H3;1H/t10-,11+;. The predicted octanol–water partition coefficient (Wildman–Crippen LogP) is 2.02. The van der Waals surface area contributed by atoms with Gasteiger partial charge in [0.2, 0.25) is 10.0 Å². The summed E-state index contributed by atoms with van der Waals surface area (Å²) >= 11 is 3.37. The predicted molar refractivity (Wildman–Crippen MR) is 84.7 cm³/mol. The van der Waals surface area contributed by atoms with Crippen molar-refractivity contribution < 1.29 is 8.42 Å². The Labute approximate surface area is 134 Å². The smallest absolute Gasteiger partial charge is 0.243 e. The zero-order valence-corrected chi connectivity index (χ0v) is 14.4. The van der Waals surface area contributed by atoms with Crippen LogP contribution in [-0.4, -0.2) is 38.9 Å². The van der Waals surface area contributed by atoms with Gasteiger partial charge in [-0.3, -0.25) is 0 Å². The molecular formula is C13H18BrClN2O2S. The molecule has 0 aliphatic carbocycles. The van der Waals surface area contributed by atoms with Gasteiger partial charge in [-0.25, -0.2) is 8.42 Å². The number of aryl methyl sites for hydroxylation is 1. The molecule has 2 saturated heterocycles. The summed E-state index contributed by atoms with van der Waals surface area (Å²) in [4.78, 5) is 0.396. The Morgan fingerprint density at radius 1 is 1.20 bits per heavy atom. The molecule has 1 aromatic carbocycles. The molecule has 2 fully saturated rings. The highest BCUT2D eigenvalue weighted by Crippen LogP contribution is 2.31. The number of halogens is 2. The van der Waals surface area contributed by atoms with Crippen LogP contribution in [0.5, 0.6) is 0 Å². The summed E-state index contributed by atoms with van der Waals surface area (Å²) in [5.74, 6) is 0.950. The van der Waals surface area contributed by atoms with Gasteiger partial charge >= 0.3 is 0 Å². The van der Waals surface area contributed by atoms with Gasteiger partial charge in [0.1, 0.15) is 0 Å².